The minimum absolute atomic E-state index is 0.184. The summed E-state index contributed by atoms with van der Waals surface area (Å²) < 4.78 is 5.64. The summed E-state index contributed by atoms with van der Waals surface area (Å²) in [5.74, 6) is 1.16. The van der Waals surface area contributed by atoms with Crippen LogP contribution in [0.5, 0.6) is 5.75 Å². The van der Waals surface area contributed by atoms with Crippen molar-refractivity contribution in [2.45, 2.75) is 58.3 Å². The molecule has 1 saturated heterocycles. The molecular formula is C20H32N2O2. The number of benzene rings is 1. The van der Waals surface area contributed by atoms with Crippen molar-refractivity contribution in [3.8, 4) is 5.75 Å². The molecule has 1 aliphatic heterocycles. The first-order valence-electron chi connectivity index (χ1n) is 8.99. The maximum absolute atomic E-state index is 10.9. The van der Waals surface area contributed by atoms with Gasteiger partial charge in [-0.25, -0.2) is 0 Å². The van der Waals surface area contributed by atoms with Crippen LogP contribution in [0.2, 0.25) is 0 Å². The van der Waals surface area contributed by atoms with Gasteiger partial charge in [0.2, 0.25) is 0 Å². The SMILES string of the molecule is CC(C)Oc1ccc(C=NCC[C@@]2(O)C[C@H](C)N(C)C[C@H]2C)cc1. The van der Waals surface area contributed by atoms with Crippen LogP contribution >= 0.6 is 0 Å². The number of likely N-dealkylation sites (tertiary alicyclic amines) is 1. The number of piperidine rings is 1. The fourth-order valence-corrected chi connectivity index (χ4v) is 3.33. The molecule has 0 radical (unpaired) electrons. The van der Waals surface area contributed by atoms with E-state index in [2.05, 4.69) is 30.8 Å². The molecular weight excluding hydrogens is 300 g/mol. The lowest BCUT2D eigenvalue weighted by molar-refractivity contribution is -0.0818. The Balaban J connectivity index is 1.85. The fraction of sp³-hybridized carbons (Fsp3) is 0.650. The Morgan fingerprint density at radius 3 is 2.62 bits per heavy atom. The second kappa shape index (κ2) is 8.13. The van der Waals surface area contributed by atoms with Gasteiger partial charge in [0.25, 0.3) is 0 Å². The van der Waals surface area contributed by atoms with E-state index in [0.717, 1.165) is 30.7 Å². The normalized spacial score (nSPS) is 28.6. The number of nitrogens with zero attached hydrogens (tertiary/aromatic N) is 2. The van der Waals surface area contributed by atoms with E-state index in [4.69, 9.17) is 4.74 Å². The summed E-state index contributed by atoms with van der Waals surface area (Å²) in [6.07, 6.45) is 3.61. The van der Waals surface area contributed by atoms with Crippen molar-refractivity contribution in [2.24, 2.45) is 10.9 Å². The van der Waals surface area contributed by atoms with Crippen molar-refractivity contribution in [1.82, 2.24) is 4.90 Å². The van der Waals surface area contributed by atoms with Gasteiger partial charge in [-0.05, 0) is 76.4 Å². The molecule has 0 spiro atoms. The van der Waals surface area contributed by atoms with Gasteiger partial charge in [-0.2, -0.15) is 0 Å². The monoisotopic (exact) mass is 332 g/mol. The van der Waals surface area contributed by atoms with Gasteiger partial charge in [0.05, 0.1) is 11.7 Å². The summed E-state index contributed by atoms with van der Waals surface area (Å²) in [7, 11) is 2.13. The molecule has 0 aliphatic carbocycles. The van der Waals surface area contributed by atoms with Crippen molar-refractivity contribution in [3.63, 3.8) is 0 Å². The molecule has 1 aromatic rings. The zero-order valence-electron chi connectivity index (χ0n) is 15.7. The summed E-state index contributed by atoms with van der Waals surface area (Å²) in [5.41, 5.74) is 0.459. The molecule has 0 bridgehead atoms. The van der Waals surface area contributed by atoms with Crippen LogP contribution in [0.25, 0.3) is 0 Å². The van der Waals surface area contributed by atoms with Gasteiger partial charge >= 0.3 is 0 Å². The second-order valence-corrected chi connectivity index (χ2v) is 7.52. The summed E-state index contributed by atoms with van der Waals surface area (Å²) in [4.78, 5) is 6.83. The molecule has 1 aromatic carbocycles. The van der Waals surface area contributed by atoms with Gasteiger partial charge in [0.1, 0.15) is 5.75 Å². The van der Waals surface area contributed by atoms with Gasteiger partial charge in [-0.1, -0.05) is 6.92 Å². The van der Waals surface area contributed by atoms with E-state index in [1.54, 1.807) is 0 Å². The summed E-state index contributed by atoms with van der Waals surface area (Å²) >= 11 is 0. The molecule has 24 heavy (non-hydrogen) atoms. The Hall–Kier alpha value is -1.39. The number of aliphatic imine (C=N–C) groups is 1. The van der Waals surface area contributed by atoms with Crippen LogP contribution < -0.4 is 4.74 Å². The predicted octanol–water partition coefficient (Wildman–Crippen LogP) is 3.37. The highest BCUT2D eigenvalue weighted by Crippen LogP contribution is 2.33. The first kappa shape index (κ1) is 18.9. The first-order chi connectivity index (χ1) is 11.3. The second-order valence-electron chi connectivity index (χ2n) is 7.52. The quantitative estimate of drug-likeness (QED) is 0.812. The molecule has 3 atom stereocenters. The summed E-state index contributed by atoms with van der Waals surface area (Å²) in [6, 6.07) is 8.38. The average Bonchev–Trinajstić information content (AvgIpc) is 2.51. The molecule has 1 heterocycles. The van der Waals surface area contributed by atoms with Gasteiger partial charge in [0, 0.05) is 25.3 Å². The molecule has 4 nitrogen and oxygen atoms in total. The van der Waals surface area contributed by atoms with Crippen LogP contribution in [0.1, 0.15) is 46.1 Å². The number of aliphatic hydroxyl groups is 1. The number of ether oxygens (including phenoxy) is 1. The Morgan fingerprint density at radius 1 is 1.33 bits per heavy atom. The molecule has 4 heteroatoms. The predicted molar refractivity (Wildman–Crippen MR) is 100 cm³/mol. The third-order valence-corrected chi connectivity index (χ3v) is 5.05. The van der Waals surface area contributed by atoms with Gasteiger partial charge in [-0.3, -0.25) is 4.99 Å². The van der Waals surface area contributed by atoms with E-state index in [9.17, 15) is 5.11 Å². The van der Waals surface area contributed by atoms with Crippen molar-refractivity contribution in [3.05, 3.63) is 29.8 Å². The van der Waals surface area contributed by atoms with Crippen LogP contribution in [0.4, 0.5) is 0 Å². The maximum atomic E-state index is 10.9. The molecule has 0 unspecified atom stereocenters. The van der Waals surface area contributed by atoms with E-state index < -0.39 is 5.60 Å². The highest BCUT2D eigenvalue weighted by Gasteiger charge is 2.40. The van der Waals surface area contributed by atoms with Crippen molar-refractivity contribution in [2.75, 3.05) is 20.1 Å². The largest absolute Gasteiger partial charge is 0.491 e. The average molecular weight is 332 g/mol. The first-order valence-corrected chi connectivity index (χ1v) is 8.99. The fourth-order valence-electron chi connectivity index (χ4n) is 3.33. The maximum Gasteiger partial charge on any atom is 0.119 e. The highest BCUT2D eigenvalue weighted by molar-refractivity contribution is 5.79. The molecule has 1 aliphatic rings. The molecule has 1 N–H and O–H groups in total. The van der Waals surface area contributed by atoms with E-state index in [-0.39, 0.29) is 12.0 Å². The zero-order chi connectivity index (χ0) is 17.7. The van der Waals surface area contributed by atoms with Gasteiger partial charge in [-0.15, -0.1) is 0 Å². The summed E-state index contributed by atoms with van der Waals surface area (Å²) in [6.45, 7) is 9.95. The third kappa shape index (κ3) is 5.05. The number of hydrogen-bond acceptors (Lipinski definition) is 4. The lowest BCUT2D eigenvalue weighted by Crippen LogP contribution is -2.53. The van der Waals surface area contributed by atoms with Crippen LogP contribution in [-0.4, -0.2) is 54.1 Å². The molecule has 0 amide bonds. The zero-order valence-corrected chi connectivity index (χ0v) is 15.7. The van der Waals surface area contributed by atoms with Crippen LogP contribution in [-0.2, 0) is 0 Å². The lowest BCUT2D eigenvalue weighted by Gasteiger charge is -2.45. The van der Waals surface area contributed by atoms with Crippen molar-refractivity contribution < 1.29 is 9.84 Å². The van der Waals surface area contributed by atoms with Gasteiger partial charge in [0.15, 0.2) is 0 Å². The lowest BCUT2D eigenvalue weighted by atomic mass is 9.77. The van der Waals surface area contributed by atoms with Crippen LogP contribution in [0.3, 0.4) is 0 Å². The molecule has 134 valence electrons. The molecule has 0 aromatic heterocycles. The Bertz CT molecular complexity index is 541. The van der Waals surface area contributed by atoms with Crippen LogP contribution in [0.15, 0.2) is 29.3 Å². The molecule has 0 saturated carbocycles. The van der Waals surface area contributed by atoms with Crippen molar-refractivity contribution in [1.29, 1.82) is 0 Å². The minimum Gasteiger partial charge on any atom is -0.491 e. The third-order valence-electron chi connectivity index (χ3n) is 5.05. The molecule has 2 rings (SSSR count). The van der Waals surface area contributed by atoms with Gasteiger partial charge < -0.3 is 14.7 Å². The Morgan fingerprint density at radius 2 is 2.00 bits per heavy atom. The smallest absolute Gasteiger partial charge is 0.119 e. The number of hydrogen-bond donors (Lipinski definition) is 1. The molecule has 1 fully saturated rings. The van der Waals surface area contributed by atoms with E-state index >= 15 is 0 Å². The topological polar surface area (TPSA) is 45.1 Å². The Kier molecular flexibility index (Phi) is 6.41. The standard InChI is InChI=1S/C20H32N2O2/c1-15(2)24-19-8-6-18(7-9-19)13-21-11-10-20(23)12-17(4)22(5)14-16(20)3/h6-9,13,15-17,23H,10-12,14H2,1-5H3/t16-,17+,20-/m1/s1. The van der Waals surface area contributed by atoms with Crippen molar-refractivity contribution >= 4 is 6.21 Å². The number of rotatable bonds is 6. The van der Waals surface area contributed by atoms with E-state index in [0.29, 0.717) is 12.6 Å². The van der Waals surface area contributed by atoms with E-state index in [1.165, 1.54) is 0 Å². The summed E-state index contributed by atoms with van der Waals surface area (Å²) in [5, 5.41) is 10.9. The minimum atomic E-state index is -0.599. The Labute approximate surface area is 146 Å². The van der Waals surface area contributed by atoms with Crippen LogP contribution in [0, 0.1) is 5.92 Å². The highest BCUT2D eigenvalue weighted by atomic mass is 16.5. The van der Waals surface area contributed by atoms with E-state index in [1.807, 2.05) is 44.3 Å².